The number of ether oxygens (including phenoxy) is 1. The van der Waals surface area contributed by atoms with Gasteiger partial charge in [0.2, 0.25) is 0 Å². The third kappa shape index (κ3) is 4.48. The van der Waals surface area contributed by atoms with Crippen LogP contribution in [0.25, 0.3) is 0 Å². The van der Waals surface area contributed by atoms with Gasteiger partial charge in [0, 0.05) is 16.6 Å². The molecule has 0 aliphatic heterocycles. The third-order valence-corrected chi connectivity index (χ3v) is 4.25. The molecule has 0 bridgehead atoms. The summed E-state index contributed by atoms with van der Waals surface area (Å²) in [6, 6.07) is 12.9. The summed E-state index contributed by atoms with van der Waals surface area (Å²) in [5.74, 6) is 0.717. The zero-order valence-electron chi connectivity index (χ0n) is 11.5. The third-order valence-electron chi connectivity index (χ3n) is 3.04. The number of amides is 1. The first-order chi connectivity index (χ1) is 10.1. The molecule has 0 unspecified atom stereocenters. The molecule has 5 heteroatoms. The summed E-state index contributed by atoms with van der Waals surface area (Å²) in [4.78, 5) is 12.0. The van der Waals surface area contributed by atoms with Crippen molar-refractivity contribution in [3.05, 3.63) is 63.1 Å². The van der Waals surface area contributed by atoms with Crippen LogP contribution in [0.1, 0.15) is 15.9 Å². The fourth-order valence-corrected chi connectivity index (χ4v) is 2.35. The van der Waals surface area contributed by atoms with Crippen molar-refractivity contribution in [1.82, 2.24) is 5.32 Å². The minimum atomic E-state index is -0.110. The van der Waals surface area contributed by atoms with E-state index >= 15 is 0 Å². The second-order valence-electron chi connectivity index (χ2n) is 4.48. The van der Waals surface area contributed by atoms with E-state index in [0.717, 1.165) is 17.7 Å². The second-order valence-corrected chi connectivity index (χ2v) is 5.74. The van der Waals surface area contributed by atoms with Gasteiger partial charge in [0.05, 0.1) is 12.1 Å². The van der Waals surface area contributed by atoms with Gasteiger partial charge in [-0.25, -0.2) is 0 Å². The molecule has 0 atom stereocenters. The SMILES string of the molecule is COc1ccc(CCNC(=O)c2ccc(Cl)c(Br)c2)cc1. The van der Waals surface area contributed by atoms with Crippen LogP contribution in [-0.2, 0) is 6.42 Å². The lowest BCUT2D eigenvalue weighted by Crippen LogP contribution is -2.25. The van der Waals surface area contributed by atoms with Gasteiger partial charge in [-0.15, -0.1) is 0 Å². The van der Waals surface area contributed by atoms with Crippen molar-refractivity contribution in [2.24, 2.45) is 0 Å². The summed E-state index contributed by atoms with van der Waals surface area (Å²) in [5.41, 5.74) is 1.73. The Kier molecular flexibility index (Phi) is 5.65. The minimum Gasteiger partial charge on any atom is -0.497 e. The number of carbonyl (C=O) groups excluding carboxylic acids is 1. The number of hydrogen-bond donors (Lipinski definition) is 1. The van der Waals surface area contributed by atoms with Crippen LogP contribution in [0.2, 0.25) is 5.02 Å². The fraction of sp³-hybridized carbons (Fsp3) is 0.188. The number of halogens is 2. The number of carbonyl (C=O) groups is 1. The van der Waals surface area contributed by atoms with Gasteiger partial charge in [-0.2, -0.15) is 0 Å². The molecule has 0 fully saturated rings. The van der Waals surface area contributed by atoms with Crippen LogP contribution >= 0.6 is 27.5 Å². The summed E-state index contributed by atoms with van der Waals surface area (Å²) in [6.07, 6.45) is 0.768. The zero-order valence-corrected chi connectivity index (χ0v) is 13.9. The first-order valence-corrected chi connectivity index (χ1v) is 7.63. The topological polar surface area (TPSA) is 38.3 Å². The van der Waals surface area contributed by atoms with Crippen molar-refractivity contribution in [3.8, 4) is 5.75 Å². The Balaban J connectivity index is 1.87. The van der Waals surface area contributed by atoms with E-state index < -0.39 is 0 Å². The van der Waals surface area contributed by atoms with Crippen molar-refractivity contribution in [3.63, 3.8) is 0 Å². The van der Waals surface area contributed by atoms with Crippen LogP contribution in [0.3, 0.4) is 0 Å². The van der Waals surface area contributed by atoms with Crippen LogP contribution in [0.4, 0.5) is 0 Å². The first-order valence-electron chi connectivity index (χ1n) is 6.46. The Morgan fingerprint density at radius 1 is 1.24 bits per heavy atom. The Bertz CT molecular complexity index is 629. The molecule has 0 aromatic heterocycles. The van der Waals surface area contributed by atoms with E-state index in [1.54, 1.807) is 25.3 Å². The number of hydrogen-bond acceptors (Lipinski definition) is 2. The quantitative estimate of drug-likeness (QED) is 0.863. The van der Waals surface area contributed by atoms with Crippen LogP contribution in [0.15, 0.2) is 46.9 Å². The van der Waals surface area contributed by atoms with Crippen molar-refractivity contribution in [2.45, 2.75) is 6.42 Å². The van der Waals surface area contributed by atoms with E-state index in [2.05, 4.69) is 21.2 Å². The molecule has 2 aromatic carbocycles. The van der Waals surface area contributed by atoms with Gasteiger partial charge in [0.25, 0.3) is 5.91 Å². The Morgan fingerprint density at radius 3 is 2.57 bits per heavy atom. The first kappa shape index (κ1) is 15.9. The maximum Gasteiger partial charge on any atom is 0.251 e. The molecule has 2 aromatic rings. The summed E-state index contributed by atoms with van der Waals surface area (Å²) < 4.78 is 5.82. The van der Waals surface area contributed by atoms with E-state index in [1.807, 2.05) is 24.3 Å². The van der Waals surface area contributed by atoms with Crippen molar-refractivity contribution < 1.29 is 9.53 Å². The summed E-state index contributed by atoms with van der Waals surface area (Å²) in [6.45, 7) is 0.575. The normalized spacial score (nSPS) is 10.2. The molecular weight excluding hydrogens is 354 g/mol. The Labute approximate surface area is 137 Å². The van der Waals surface area contributed by atoms with Crippen molar-refractivity contribution >= 4 is 33.4 Å². The van der Waals surface area contributed by atoms with Crippen LogP contribution in [0.5, 0.6) is 5.75 Å². The highest BCUT2D eigenvalue weighted by atomic mass is 79.9. The highest BCUT2D eigenvalue weighted by molar-refractivity contribution is 9.10. The smallest absolute Gasteiger partial charge is 0.251 e. The molecule has 110 valence electrons. The molecule has 2 rings (SSSR count). The van der Waals surface area contributed by atoms with Gasteiger partial charge in [-0.05, 0) is 58.2 Å². The van der Waals surface area contributed by atoms with E-state index in [4.69, 9.17) is 16.3 Å². The Morgan fingerprint density at radius 2 is 1.95 bits per heavy atom. The zero-order chi connectivity index (χ0) is 15.2. The van der Waals surface area contributed by atoms with Gasteiger partial charge in [0.15, 0.2) is 0 Å². The average molecular weight is 369 g/mol. The summed E-state index contributed by atoms with van der Waals surface area (Å²) >= 11 is 9.21. The molecule has 0 heterocycles. The van der Waals surface area contributed by atoms with Crippen molar-refractivity contribution in [2.75, 3.05) is 13.7 Å². The molecule has 0 aliphatic carbocycles. The van der Waals surface area contributed by atoms with Gasteiger partial charge >= 0.3 is 0 Å². The largest absolute Gasteiger partial charge is 0.497 e. The lowest BCUT2D eigenvalue weighted by atomic mass is 10.1. The van der Waals surface area contributed by atoms with Crippen LogP contribution < -0.4 is 10.1 Å². The lowest BCUT2D eigenvalue weighted by Gasteiger charge is -2.07. The highest BCUT2D eigenvalue weighted by Gasteiger charge is 2.07. The molecule has 0 saturated carbocycles. The standard InChI is InChI=1S/C16H15BrClNO2/c1-21-13-5-2-11(3-6-13)8-9-19-16(20)12-4-7-15(18)14(17)10-12/h2-7,10H,8-9H2,1H3,(H,19,20). The Hall–Kier alpha value is -1.52. The van der Waals surface area contributed by atoms with Gasteiger partial charge in [-0.3, -0.25) is 4.79 Å². The minimum absolute atomic E-state index is 0.110. The van der Waals surface area contributed by atoms with E-state index in [0.29, 0.717) is 21.6 Å². The van der Waals surface area contributed by atoms with Crippen molar-refractivity contribution in [1.29, 1.82) is 0 Å². The van der Waals surface area contributed by atoms with Crippen LogP contribution in [0, 0.1) is 0 Å². The van der Waals surface area contributed by atoms with Crippen LogP contribution in [-0.4, -0.2) is 19.6 Å². The predicted molar refractivity (Wildman–Crippen MR) is 88.2 cm³/mol. The second kappa shape index (κ2) is 7.48. The number of methoxy groups -OCH3 is 1. The number of benzene rings is 2. The molecule has 3 nitrogen and oxygen atoms in total. The summed E-state index contributed by atoms with van der Waals surface area (Å²) in [5, 5.41) is 3.48. The van der Waals surface area contributed by atoms with Gasteiger partial charge in [0.1, 0.15) is 5.75 Å². The summed E-state index contributed by atoms with van der Waals surface area (Å²) in [7, 11) is 1.64. The molecular formula is C16H15BrClNO2. The lowest BCUT2D eigenvalue weighted by molar-refractivity contribution is 0.0954. The van der Waals surface area contributed by atoms with E-state index in [1.165, 1.54) is 0 Å². The maximum absolute atomic E-state index is 12.0. The molecule has 0 aliphatic rings. The van der Waals surface area contributed by atoms with E-state index in [-0.39, 0.29) is 5.91 Å². The molecule has 0 saturated heterocycles. The van der Waals surface area contributed by atoms with Gasteiger partial charge in [-0.1, -0.05) is 23.7 Å². The van der Waals surface area contributed by atoms with Gasteiger partial charge < -0.3 is 10.1 Å². The fourth-order valence-electron chi connectivity index (χ4n) is 1.85. The molecule has 1 amide bonds. The monoisotopic (exact) mass is 367 g/mol. The maximum atomic E-state index is 12.0. The predicted octanol–water partition coefficient (Wildman–Crippen LogP) is 4.08. The average Bonchev–Trinajstić information content (AvgIpc) is 2.50. The molecule has 1 N–H and O–H groups in total. The van der Waals surface area contributed by atoms with E-state index in [9.17, 15) is 4.79 Å². The molecule has 21 heavy (non-hydrogen) atoms. The number of nitrogens with one attached hydrogen (secondary N) is 1. The highest BCUT2D eigenvalue weighted by Crippen LogP contribution is 2.23. The molecule has 0 spiro atoms. The number of rotatable bonds is 5. The molecule has 0 radical (unpaired) electrons.